The number of hydrogen-bond donors (Lipinski definition) is 1. The minimum atomic E-state index is 0.781. The van der Waals surface area contributed by atoms with Gasteiger partial charge in [0.1, 0.15) is 5.82 Å². The Kier molecular flexibility index (Phi) is 3.43. The molecule has 3 heterocycles. The van der Waals surface area contributed by atoms with Crippen LogP contribution in [-0.2, 0) is 6.54 Å². The number of hydrogen-bond acceptors (Lipinski definition) is 5. The maximum absolute atomic E-state index is 4.45. The maximum atomic E-state index is 4.45. The molecule has 3 rings (SSSR count). The minimum absolute atomic E-state index is 0.781. The van der Waals surface area contributed by atoms with Crippen LogP contribution >= 0.6 is 0 Å². The van der Waals surface area contributed by atoms with E-state index in [2.05, 4.69) is 25.1 Å². The smallest absolute Gasteiger partial charge is 0.144 e. The molecule has 2 aliphatic rings. The summed E-state index contributed by atoms with van der Waals surface area (Å²) in [6, 6.07) is 0.781. The molecule has 0 saturated carbocycles. The van der Waals surface area contributed by atoms with Crippen molar-refractivity contribution in [1.82, 2.24) is 19.8 Å². The fourth-order valence-corrected chi connectivity index (χ4v) is 2.99. The van der Waals surface area contributed by atoms with E-state index in [4.69, 9.17) is 0 Å². The van der Waals surface area contributed by atoms with E-state index in [-0.39, 0.29) is 0 Å². The highest BCUT2D eigenvalue weighted by Gasteiger charge is 2.30. The summed E-state index contributed by atoms with van der Waals surface area (Å²) in [5.41, 5.74) is 1.07. The first kappa shape index (κ1) is 11.9. The summed E-state index contributed by atoms with van der Waals surface area (Å²) in [5, 5.41) is 2.99. The minimum Gasteiger partial charge on any atom is -0.372 e. The molecule has 98 valence electrons. The van der Waals surface area contributed by atoms with Gasteiger partial charge in [0, 0.05) is 39.3 Å². The summed E-state index contributed by atoms with van der Waals surface area (Å²) in [4.78, 5) is 13.9. The van der Waals surface area contributed by atoms with Gasteiger partial charge in [0.25, 0.3) is 0 Å². The Bertz CT molecular complexity index is 391. The van der Waals surface area contributed by atoms with Crippen LogP contribution in [0.4, 0.5) is 5.82 Å². The summed E-state index contributed by atoms with van der Waals surface area (Å²) in [6.07, 6.45) is 6.42. The Hall–Kier alpha value is -1.20. The highest BCUT2D eigenvalue weighted by atomic mass is 15.3. The Morgan fingerprint density at radius 1 is 1.28 bits per heavy atom. The van der Waals surface area contributed by atoms with E-state index in [1.165, 1.54) is 32.5 Å². The number of aromatic nitrogens is 2. The van der Waals surface area contributed by atoms with Crippen molar-refractivity contribution in [2.24, 2.45) is 0 Å². The van der Waals surface area contributed by atoms with Crippen LogP contribution in [0.1, 0.15) is 18.5 Å². The molecule has 0 radical (unpaired) electrons. The van der Waals surface area contributed by atoms with Gasteiger partial charge in [-0.05, 0) is 19.4 Å². The van der Waals surface area contributed by atoms with Crippen molar-refractivity contribution in [1.29, 1.82) is 0 Å². The maximum Gasteiger partial charge on any atom is 0.144 e. The molecule has 1 unspecified atom stereocenters. The summed E-state index contributed by atoms with van der Waals surface area (Å²) >= 11 is 0. The van der Waals surface area contributed by atoms with Crippen molar-refractivity contribution in [2.45, 2.75) is 25.4 Å². The van der Waals surface area contributed by atoms with Crippen LogP contribution in [0.25, 0.3) is 0 Å². The summed E-state index contributed by atoms with van der Waals surface area (Å²) in [6.45, 7) is 5.80. The van der Waals surface area contributed by atoms with Crippen LogP contribution in [0.3, 0.4) is 0 Å². The third-order valence-electron chi connectivity index (χ3n) is 4.02. The van der Waals surface area contributed by atoms with Crippen molar-refractivity contribution in [3.63, 3.8) is 0 Å². The number of rotatable bonds is 3. The van der Waals surface area contributed by atoms with E-state index in [0.29, 0.717) is 0 Å². The molecule has 5 nitrogen and oxygen atoms in total. The highest BCUT2D eigenvalue weighted by Crippen LogP contribution is 2.22. The van der Waals surface area contributed by atoms with E-state index in [1.807, 2.05) is 13.2 Å². The van der Waals surface area contributed by atoms with E-state index < -0.39 is 0 Å². The third kappa shape index (κ3) is 2.47. The van der Waals surface area contributed by atoms with E-state index in [9.17, 15) is 0 Å². The predicted molar refractivity (Wildman–Crippen MR) is 71.5 cm³/mol. The van der Waals surface area contributed by atoms with Gasteiger partial charge in [0.05, 0.1) is 18.1 Å². The average molecular weight is 247 g/mol. The molecule has 1 N–H and O–H groups in total. The standard InChI is InChI=1S/C13H21N5/c1-14-13-8-15-11(7-16-13)9-17-5-6-18-4-2-3-12(18)10-17/h7-8,12H,2-6,9-10H2,1H3,(H,14,16). The van der Waals surface area contributed by atoms with Gasteiger partial charge in [0.2, 0.25) is 0 Å². The molecule has 1 aromatic heterocycles. The molecule has 2 saturated heterocycles. The third-order valence-corrected chi connectivity index (χ3v) is 4.02. The van der Waals surface area contributed by atoms with Gasteiger partial charge < -0.3 is 5.32 Å². The van der Waals surface area contributed by atoms with Crippen LogP contribution in [0.5, 0.6) is 0 Å². The van der Waals surface area contributed by atoms with Crippen molar-refractivity contribution >= 4 is 5.82 Å². The molecule has 2 aliphatic heterocycles. The fourth-order valence-electron chi connectivity index (χ4n) is 2.99. The van der Waals surface area contributed by atoms with E-state index in [0.717, 1.165) is 30.6 Å². The summed E-state index contributed by atoms with van der Waals surface area (Å²) < 4.78 is 0. The normalized spacial score (nSPS) is 25.1. The largest absolute Gasteiger partial charge is 0.372 e. The van der Waals surface area contributed by atoms with Gasteiger partial charge in [-0.3, -0.25) is 14.8 Å². The molecular weight excluding hydrogens is 226 g/mol. The zero-order valence-corrected chi connectivity index (χ0v) is 11.0. The lowest BCUT2D eigenvalue weighted by Crippen LogP contribution is -2.49. The van der Waals surface area contributed by atoms with E-state index >= 15 is 0 Å². The Balaban J connectivity index is 1.58. The van der Waals surface area contributed by atoms with Gasteiger partial charge in [0.15, 0.2) is 0 Å². The molecule has 0 aliphatic carbocycles. The summed E-state index contributed by atoms with van der Waals surface area (Å²) in [7, 11) is 1.86. The van der Waals surface area contributed by atoms with Crippen molar-refractivity contribution in [3.05, 3.63) is 18.1 Å². The molecule has 0 bridgehead atoms. The summed E-state index contributed by atoms with van der Waals surface area (Å²) in [5.74, 6) is 0.833. The highest BCUT2D eigenvalue weighted by molar-refractivity contribution is 5.29. The van der Waals surface area contributed by atoms with Crippen LogP contribution in [-0.4, -0.2) is 59.0 Å². The van der Waals surface area contributed by atoms with Crippen LogP contribution in [0.15, 0.2) is 12.4 Å². The van der Waals surface area contributed by atoms with Gasteiger partial charge >= 0.3 is 0 Å². The van der Waals surface area contributed by atoms with Gasteiger partial charge in [-0.2, -0.15) is 0 Å². The van der Waals surface area contributed by atoms with Crippen LogP contribution in [0, 0.1) is 0 Å². The van der Waals surface area contributed by atoms with Crippen molar-refractivity contribution in [2.75, 3.05) is 38.5 Å². The topological polar surface area (TPSA) is 44.3 Å². The zero-order chi connectivity index (χ0) is 12.4. The Morgan fingerprint density at radius 2 is 2.22 bits per heavy atom. The first-order valence-electron chi connectivity index (χ1n) is 6.80. The zero-order valence-electron chi connectivity index (χ0n) is 11.0. The van der Waals surface area contributed by atoms with Gasteiger partial charge in [-0.25, -0.2) is 4.98 Å². The molecule has 0 amide bonds. The van der Waals surface area contributed by atoms with Gasteiger partial charge in [-0.1, -0.05) is 0 Å². The molecule has 0 aromatic carbocycles. The first-order chi connectivity index (χ1) is 8.85. The fraction of sp³-hybridized carbons (Fsp3) is 0.692. The van der Waals surface area contributed by atoms with Crippen molar-refractivity contribution < 1.29 is 0 Å². The van der Waals surface area contributed by atoms with Crippen molar-refractivity contribution in [3.8, 4) is 0 Å². The lowest BCUT2D eigenvalue weighted by atomic mass is 10.1. The molecule has 1 atom stereocenters. The van der Waals surface area contributed by atoms with E-state index in [1.54, 1.807) is 6.20 Å². The second kappa shape index (κ2) is 5.20. The number of piperazine rings is 1. The number of anilines is 1. The molecule has 2 fully saturated rings. The second-order valence-corrected chi connectivity index (χ2v) is 5.21. The number of fused-ring (bicyclic) bond motifs is 1. The predicted octanol–water partition coefficient (Wildman–Crippen LogP) is 0.798. The number of nitrogens with zero attached hydrogens (tertiary/aromatic N) is 4. The average Bonchev–Trinajstić information content (AvgIpc) is 2.87. The first-order valence-corrected chi connectivity index (χ1v) is 6.80. The lowest BCUT2D eigenvalue weighted by Gasteiger charge is -2.37. The van der Waals surface area contributed by atoms with Gasteiger partial charge in [-0.15, -0.1) is 0 Å². The molecular formula is C13H21N5. The number of nitrogens with one attached hydrogen (secondary N) is 1. The van der Waals surface area contributed by atoms with Crippen LogP contribution in [0.2, 0.25) is 0 Å². The lowest BCUT2D eigenvalue weighted by molar-refractivity contribution is 0.0984. The molecule has 5 heteroatoms. The monoisotopic (exact) mass is 247 g/mol. The molecule has 0 spiro atoms. The quantitative estimate of drug-likeness (QED) is 0.856. The molecule has 1 aromatic rings. The van der Waals surface area contributed by atoms with Crippen LogP contribution < -0.4 is 5.32 Å². The second-order valence-electron chi connectivity index (χ2n) is 5.21. The molecule has 18 heavy (non-hydrogen) atoms. The Morgan fingerprint density at radius 3 is 3.00 bits per heavy atom. The Labute approximate surface area is 108 Å². The SMILES string of the molecule is CNc1cnc(CN2CCN3CCCC3C2)cn1.